The number of carbonyl (C=O) groups is 1. The van der Waals surface area contributed by atoms with Crippen LogP contribution in [0.15, 0.2) is 81.0 Å². The van der Waals surface area contributed by atoms with Crippen LogP contribution in [0.2, 0.25) is 0 Å². The minimum atomic E-state index is -0.472. The van der Waals surface area contributed by atoms with Crippen molar-refractivity contribution >= 4 is 29.0 Å². The van der Waals surface area contributed by atoms with Crippen LogP contribution in [0.3, 0.4) is 0 Å². The largest absolute Gasteiger partial charge is 0.334 e. The molecule has 0 N–H and O–H groups in total. The molecule has 1 aromatic heterocycles. The summed E-state index contributed by atoms with van der Waals surface area (Å²) in [5.74, 6) is 0.484. The summed E-state index contributed by atoms with van der Waals surface area (Å²) in [6.45, 7) is 0. The summed E-state index contributed by atoms with van der Waals surface area (Å²) < 4.78 is 5.35. The Morgan fingerprint density at radius 3 is 2.68 bits per heavy atom. The van der Waals surface area contributed by atoms with Gasteiger partial charge in [0.2, 0.25) is 5.82 Å². The summed E-state index contributed by atoms with van der Waals surface area (Å²) >= 11 is 1.50. The molecule has 31 heavy (non-hydrogen) atoms. The highest BCUT2D eigenvalue weighted by molar-refractivity contribution is 7.99. The van der Waals surface area contributed by atoms with Gasteiger partial charge in [0.05, 0.1) is 16.2 Å². The molecule has 0 bridgehead atoms. The quantitative estimate of drug-likeness (QED) is 0.331. The van der Waals surface area contributed by atoms with Crippen molar-refractivity contribution in [1.82, 2.24) is 10.1 Å². The van der Waals surface area contributed by atoms with Crippen molar-refractivity contribution in [2.24, 2.45) is 0 Å². The number of rotatable bonds is 3. The van der Waals surface area contributed by atoms with Gasteiger partial charge in [0, 0.05) is 40.1 Å². The number of hydrogen-bond acceptors (Lipinski definition) is 7. The van der Waals surface area contributed by atoms with Gasteiger partial charge in [-0.3, -0.25) is 14.9 Å². The first kappa shape index (κ1) is 19.0. The number of hydrogen-bond donors (Lipinski definition) is 0. The van der Waals surface area contributed by atoms with E-state index in [9.17, 15) is 14.9 Å². The highest BCUT2D eigenvalue weighted by Gasteiger charge is 2.25. The van der Waals surface area contributed by atoms with Crippen LogP contribution in [0.25, 0.3) is 22.8 Å². The van der Waals surface area contributed by atoms with Crippen molar-refractivity contribution in [1.29, 1.82) is 0 Å². The molecular formula is C22H14N4O4S. The van der Waals surface area contributed by atoms with Gasteiger partial charge < -0.3 is 9.42 Å². The zero-order valence-corrected chi connectivity index (χ0v) is 17.0. The van der Waals surface area contributed by atoms with Gasteiger partial charge in [-0.2, -0.15) is 4.98 Å². The topological polar surface area (TPSA) is 102 Å². The van der Waals surface area contributed by atoms with E-state index in [2.05, 4.69) is 10.1 Å². The molecule has 4 aromatic rings. The standard InChI is InChI=1S/C22H14N4O4S/c1-25-17-10-9-13(12-19(17)31-18-8-3-2-7-16(18)22(25)27)20-23-21(30-24-20)14-5-4-6-15(11-14)26(28)29/h2-12H,1H3. The predicted octanol–water partition coefficient (Wildman–Crippen LogP) is 5.05. The second-order valence-corrected chi connectivity index (χ2v) is 7.96. The Balaban J connectivity index is 1.53. The summed E-state index contributed by atoms with van der Waals surface area (Å²) in [6, 6.07) is 19.1. The van der Waals surface area contributed by atoms with Crippen LogP contribution in [-0.4, -0.2) is 28.0 Å². The molecule has 0 unspecified atom stereocenters. The van der Waals surface area contributed by atoms with Crippen LogP contribution in [0.5, 0.6) is 0 Å². The maximum atomic E-state index is 12.8. The number of carbonyl (C=O) groups excluding carboxylic acids is 1. The lowest BCUT2D eigenvalue weighted by molar-refractivity contribution is -0.384. The first-order chi connectivity index (χ1) is 15.0. The third-order valence-corrected chi connectivity index (χ3v) is 6.07. The molecule has 9 heteroatoms. The Morgan fingerprint density at radius 1 is 1.00 bits per heavy atom. The molecule has 0 saturated heterocycles. The number of nitrogens with zero attached hydrogens (tertiary/aromatic N) is 4. The second-order valence-electron chi connectivity index (χ2n) is 6.88. The van der Waals surface area contributed by atoms with E-state index in [1.54, 1.807) is 24.1 Å². The van der Waals surface area contributed by atoms with Crippen LogP contribution in [0.1, 0.15) is 10.4 Å². The zero-order valence-electron chi connectivity index (χ0n) is 16.2. The summed E-state index contributed by atoms with van der Waals surface area (Å²) in [5, 5.41) is 15.1. The average molecular weight is 430 g/mol. The van der Waals surface area contributed by atoms with Crippen molar-refractivity contribution in [3.8, 4) is 22.8 Å². The number of anilines is 1. The molecule has 1 aliphatic rings. The molecule has 5 rings (SSSR count). The normalized spacial score (nSPS) is 12.8. The Kier molecular flexibility index (Phi) is 4.52. The van der Waals surface area contributed by atoms with Gasteiger partial charge in [-0.25, -0.2) is 0 Å². The lowest BCUT2D eigenvalue weighted by atomic mass is 10.1. The lowest BCUT2D eigenvalue weighted by Gasteiger charge is -2.17. The SMILES string of the molecule is CN1C(=O)c2ccccc2Sc2cc(-c3noc(-c4cccc([N+](=O)[O-])c4)n3)ccc21. The van der Waals surface area contributed by atoms with Gasteiger partial charge in [-0.15, -0.1) is 0 Å². The summed E-state index contributed by atoms with van der Waals surface area (Å²) in [5.41, 5.74) is 2.57. The van der Waals surface area contributed by atoms with Crippen LogP contribution in [-0.2, 0) is 0 Å². The van der Waals surface area contributed by atoms with Crippen molar-refractivity contribution in [2.75, 3.05) is 11.9 Å². The molecule has 1 aliphatic heterocycles. The average Bonchev–Trinajstić information content (AvgIpc) is 3.25. The van der Waals surface area contributed by atoms with E-state index in [1.165, 1.54) is 23.9 Å². The van der Waals surface area contributed by atoms with Crippen LogP contribution < -0.4 is 4.90 Å². The fourth-order valence-electron chi connectivity index (χ4n) is 3.36. The van der Waals surface area contributed by atoms with E-state index in [4.69, 9.17) is 4.52 Å². The van der Waals surface area contributed by atoms with E-state index >= 15 is 0 Å². The fourth-order valence-corrected chi connectivity index (χ4v) is 4.51. The first-order valence-corrected chi connectivity index (χ1v) is 10.1. The molecule has 8 nitrogen and oxygen atoms in total. The van der Waals surface area contributed by atoms with E-state index in [0.717, 1.165) is 15.5 Å². The Hall–Kier alpha value is -3.98. The number of benzene rings is 3. The molecule has 0 spiro atoms. The summed E-state index contributed by atoms with van der Waals surface area (Å²) in [7, 11) is 1.75. The van der Waals surface area contributed by atoms with Crippen molar-refractivity contribution in [2.45, 2.75) is 9.79 Å². The Labute approximate surface area is 180 Å². The van der Waals surface area contributed by atoms with Gasteiger partial charge >= 0.3 is 0 Å². The van der Waals surface area contributed by atoms with Gasteiger partial charge in [0.1, 0.15) is 0 Å². The van der Waals surface area contributed by atoms with Crippen LogP contribution >= 0.6 is 11.8 Å². The maximum absolute atomic E-state index is 12.8. The van der Waals surface area contributed by atoms with E-state index in [0.29, 0.717) is 22.5 Å². The number of non-ortho nitro benzene ring substituents is 1. The van der Waals surface area contributed by atoms with Gasteiger partial charge in [-0.05, 0) is 36.4 Å². The minimum Gasteiger partial charge on any atom is -0.334 e. The van der Waals surface area contributed by atoms with E-state index in [-0.39, 0.29) is 17.5 Å². The number of fused-ring (bicyclic) bond motifs is 2. The third-order valence-electron chi connectivity index (χ3n) is 4.95. The lowest BCUT2D eigenvalue weighted by Crippen LogP contribution is -2.25. The van der Waals surface area contributed by atoms with Crippen molar-refractivity contribution in [3.05, 3.63) is 82.4 Å². The molecule has 0 aliphatic carbocycles. The molecular weight excluding hydrogens is 416 g/mol. The second kappa shape index (κ2) is 7.37. The van der Waals surface area contributed by atoms with E-state index in [1.807, 2.05) is 42.5 Å². The molecule has 3 aromatic carbocycles. The molecule has 0 fully saturated rings. The smallest absolute Gasteiger partial charge is 0.270 e. The predicted molar refractivity (Wildman–Crippen MR) is 115 cm³/mol. The van der Waals surface area contributed by atoms with Gasteiger partial charge in [0.15, 0.2) is 0 Å². The third kappa shape index (κ3) is 3.34. The van der Waals surface area contributed by atoms with Crippen LogP contribution in [0.4, 0.5) is 11.4 Å². The number of nitro benzene ring substituents is 1. The molecule has 2 heterocycles. The molecule has 0 atom stereocenters. The Bertz CT molecular complexity index is 1350. The monoisotopic (exact) mass is 430 g/mol. The highest BCUT2D eigenvalue weighted by atomic mass is 32.2. The van der Waals surface area contributed by atoms with Crippen molar-refractivity contribution < 1.29 is 14.2 Å². The summed E-state index contributed by atoms with van der Waals surface area (Å²) in [6.07, 6.45) is 0. The molecule has 0 saturated carbocycles. The molecule has 1 amide bonds. The highest BCUT2D eigenvalue weighted by Crippen LogP contribution is 2.42. The number of amides is 1. The van der Waals surface area contributed by atoms with Crippen molar-refractivity contribution in [3.63, 3.8) is 0 Å². The molecule has 0 radical (unpaired) electrons. The fraction of sp³-hybridized carbons (Fsp3) is 0.0455. The van der Waals surface area contributed by atoms with Crippen LogP contribution in [0, 0.1) is 10.1 Å². The number of aromatic nitrogens is 2. The van der Waals surface area contributed by atoms with E-state index < -0.39 is 4.92 Å². The Morgan fingerprint density at radius 2 is 1.84 bits per heavy atom. The first-order valence-electron chi connectivity index (χ1n) is 9.29. The van der Waals surface area contributed by atoms with Gasteiger partial charge in [-0.1, -0.05) is 35.1 Å². The summed E-state index contributed by atoms with van der Waals surface area (Å²) in [4.78, 5) is 31.2. The maximum Gasteiger partial charge on any atom is 0.270 e. The minimum absolute atomic E-state index is 0.0509. The van der Waals surface area contributed by atoms with Gasteiger partial charge in [0.25, 0.3) is 17.5 Å². The number of nitro groups is 1. The zero-order chi connectivity index (χ0) is 21.5. The molecule has 152 valence electrons.